The van der Waals surface area contributed by atoms with Gasteiger partial charge in [-0.15, -0.1) is 5.10 Å². The maximum Gasteiger partial charge on any atom is 0.275 e. The van der Waals surface area contributed by atoms with E-state index < -0.39 is 11.7 Å². The minimum Gasteiger partial charge on any atom is -0.318 e. The summed E-state index contributed by atoms with van der Waals surface area (Å²) in [6, 6.07) is 23.6. The van der Waals surface area contributed by atoms with Crippen LogP contribution >= 0.6 is 11.6 Å². The molecule has 0 fully saturated rings. The van der Waals surface area contributed by atoms with E-state index in [1.54, 1.807) is 22.7 Å². The maximum atomic E-state index is 14.4. The topological polar surface area (TPSA) is 51.3 Å². The van der Waals surface area contributed by atoms with Crippen LogP contribution in [0, 0.1) is 5.82 Å². The van der Waals surface area contributed by atoms with Crippen LogP contribution in [0.3, 0.4) is 0 Å². The molecule has 0 atom stereocenters. The van der Waals surface area contributed by atoms with E-state index in [1.165, 1.54) is 6.07 Å². The van der Waals surface area contributed by atoms with Crippen LogP contribution in [0.1, 0.15) is 28.9 Å². The Morgan fingerprint density at radius 2 is 1.66 bits per heavy atom. The molecule has 5 aromatic rings. The normalized spacial score (nSPS) is 13.1. The van der Waals surface area contributed by atoms with Gasteiger partial charge in [0.2, 0.25) is 0 Å². The van der Waals surface area contributed by atoms with Crippen molar-refractivity contribution < 1.29 is 9.18 Å². The fourth-order valence-electron chi connectivity index (χ4n) is 4.92. The van der Waals surface area contributed by atoms with E-state index in [1.807, 2.05) is 54.6 Å². The van der Waals surface area contributed by atoms with Gasteiger partial charge in [-0.3, -0.25) is 4.79 Å². The third-order valence-electron chi connectivity index (χ3n) is 6.49. The fraction of sp³-hybridized carbons (Fsp3) is 0.143. The molecule has 7 heteroatoms. The van der Waals surface area contributed by atoms with Crippen LogP contribution < -0.4 is 5.32 Å². The largest absolute Gasteiger partial charge is 0.318 e. The first-order valence-corrected chi connectivity index (χ1v) is 12.0. The van der Waals surface area contributed by atoms with Gasteiger partial charge in [0.25, 0.3) is 5.91 Å². The van der Waals surface area contributed by atoms with Crippen LogP contribution in [0.25, 0.3) is 28.2 Å². The number of benzene rings is 3. The number of nitrogens with zero attached hydrogens (tertiary/aromatic N) is 3. The number of hydrogen-bond acceptors (Lipinski definition) is 2. The summed E-state index contributed by atoms with van der Waals surface area (Å²) in [6.07, 6.45) is 2.82. The number of nitrogens with one attached hydrogen (secondary N) is 1. The Kier molecular flexibility index (Phi) is 5.38. The van der Waals surface area contributed by atoms with Gasteiger partial charge in [0.05, 0.1) is 5.69 Å². The van der Waals surface area contributed by atoms with Gasteiger partial charge >= 0.3 is 0 Å². The van der Waals surface area contributed by atoms with Crippen LogP contribution in [-0.4, -0.2) is 20.1 Å². The summed E-state index contributed by atoms with van der Waals surface area (Å²) in [5, 5.41) is 8.34. The smallest absolute Gasteiger partial charge is 0.275 e. The third kappa shape index (κ3) is 3.70. The number of para-hydroxylation sites is 1. The molecule has 3 heterocycles. The molecule has 174 valence electrons. The number of aromatic nitrogens is 3. The van der Waals surface area contributed by atoms with Crippen molar-refractivity contribution in [1.29, 1.82) is 0 Å². The van der Waals surface area contributed by atoms with Crippen molar-refractivity contribution in [3.05, 3.63) is 101 Å². The summed E-state index contributed by atoms with van der Waals surface area (Å²) in [6.45, 7) is 0.805. The van der Waals surface area contributed by atoms with Crippen molar-refractivity contribution in [2.45, 2.75) is 25.8 Å². The van der Waals surface area contributed by atoms with Crippen LogP contribution in [0.2, 0.25) is 5.02 Å². The molecule has 1 aliphatic heterocycles. The van der Waals surface area contributed by atoms with Gasteiger partial charge in [0.15, 0.2) is 5.82 Å². The summed E-state index contributed by atoms with van der Waals surface area (Å²) in [7, 11) is 0. The highest BCUT2D eigenvalue weighted by molar-refractivity contribution is 6.30. The van der Waals surface area contributed by atoms with E-state index >= 15 is 0 Å². The van der Waals surface area contributed by atoms with E-state index in [0.717, 1.165) is 59.5 Å². The molecular weight excluding hydrogens is 463 g/mol. The Labute approximate surface area is 206 Å². The SMILES string of the molecule is O=C(Nc1ccccc1F)c1c(-c2ccc(Cl)cc2)c2c3n(c(-c4ccccc4)nn13)CCCC2. The van der Waals surface area contributed by atoms with Crippen molar-refractivity contribution in [2.24, 2.45) is 0 Å². The summed E-state index contributed by atoms with van der Waals surface area (Å²) < 4.78 is 18.4. The molecule has 1 N–H and O–H groups in total. The molecular formula is C28H22ClFN4O. The number of carbonyl (C=O) groups is 1. The van der Waals surface area contributed by atoms with Crippen LogP contribution in [0.4, 0.5) is 10.1 Å². The average molecular weight is 485 g/mol. The first-order chi connectivity index (χ1) is 17.1. The zero-order valence-electron chi connectivity index (χ0n) is 18.8. The molecule has 0 spiro atoms. The summed E-state index contributed by atoms with van der Waals surface area (Å²) in [5.74, 6) is -0.0870. The molecule has 6 rings (SSSR count). The lowest BCUT2D eigenvalue weighted by Crippen LogP contribution is -2.17. The van der Waals surface area contributed by atoms with Gasteiger partial charge in [-0.05, 0) is 49.1 Å². The lowest BCUT2D eigenvalue weighted by molar-refractivity contribution is 0.102. The molecule has 0 unspecified atom stereocenters. The van der Waals surface area contributed by atoms with E-state index in [2.05, 4.69) is 9.88 Å². The van der Waals surface area contributed by atoms with Crippen molar-refractivity contribution in [2.75, 3.05) is 5.32 Å². The number of hydrogen-bond donors (Lipinski definition) is 1. The maximum absolute atomic E-state index is 14.4. The van der Waals surface area contributed by atoms with Gasteiger partial charge in [-0.25, -0.2) is 8.91 Å². The van der Waals surface area contributed by atoms with Gasteiger partial charge in [-0.1, -0.05) is 66.2 Å². The van der Waals surface area contributed by atoms with Gasteiger partial charge in [0.1, 0.15) is 17.2 Å². The molecule has 0 aliphatic carbocycles. The number of aryl methyl sites for hydroxylation is 2. The van der Waals surface area contributed by atoms with Crippen molar-refractivity contribution in [3.8, 4) is 22.5 Å². The quantitative estimate of drug-likeness (QED) is 0.303. The third-order valence-corrected chi connectivity index (χ3v) is 6.74. The molecule has 0 saturated carbocycles. The van der Waals surface area contributed by atoms with E-state index in [9.17, 15) is 9.18 Å². The minimum atomic E-state index is -0.487. The molecule has 1 aliphatic rings. The summed E-state index contributed by atoms with van der Waals surface area (Å²) in [4.78, 5) is 13.8. The number of rotatable bonds is 4. The first-order valence-electron chi connectivity index (χ1n) is 11.6. The number of amides is 1. The highest BCUT2D eigenvalue weighted by Crippen LogP contribution is 2.39. The highest BCUT2D eigenvalue weighted by Gasteiger charge is 2.31. The highest BCUT2D eigenvalue weighted by atomic mass is 35.5. The molecule has 0 radical (unpaired) electrons. The Hall–Kier alpha value is -3.90. The van der Waals surface area contributed by atoms with Crippen molar-refractivity contribution >= 4 is 28.8 Å². The molecule has 35 heavy (non-hydrogen) atoms. The second kappa shape index (κ2) is 8.71. The monoisotopic (exact) mass is 484 g/mol. The second-order valence-electron chi connectivity index (χ2n) is 8.68. The van der Waals surface area contributed by atoms with E-state index in [0.29, 0.717) is 10.7 Å². The Balaban J connectivity index is 1.62. The summed E-state index contributed by atoms with van der Waals surface area (Å²) in [5.41, 5.74) is 5.17. The van der Waals surface area contributed by atoms with Crippen molar-refractivity contribution in [3.63, 3.8) is 0 Å². The standard InChI is InChI=1S/C28H22ClFN4O/c29-20-15-13-18(14-16-20)24-21-10-6-7-17-33-26(19-8-2-1-3-9-19)32-34(28(21)33)25(24)27(35)31-23-12-5-4-11-22(23)30/h1-5,8-9,11-16H,6-7,10,17H2,(H,31,35). The minimum absolute atomic E-state index is 0.130. The summed E-state index contributed by atoms with van der Waals surface area (Å²) >= 11 is 6.17. The first kappa shape index (κ1) is 21.6. The molecule has 0 saturated heterocycles. The van der Waals surface area contributed by atoms with E-state index in [4.69, 9.17) is 16.7 Å². The predicted molar refractivity (Wildman–Crippen MR) is 136 cm³/mol. The molecule has 1 amide bonds. The lowest BCUT2D eigenvalue weighted by atomic mass is 9.98. The lowest BCUT2D eigenvalue weighted by Gasteiger charge is -2.10. The van der Waals surface area contributed by atoms with E-state index in [-0.39, 0.29) is 5.69 Å². The van der Waals surface area contributed by atoms with Gasteiger partial charge < -0.3 is 9.88 Å². The average Bonchev–Trinajstić information content (AvgIpc) is 3.29. The molecule has 0 bridgehead atoms. The number of carbonyl (C=O) groups excluding carboxylic acids is 1. The molecule has 3 aromatic carbocycles. The fourth-order valence-corrected chi connectivity index (χ4v) is 5.05. The predicted octanol–water partition coefficient (Wildman–Crippen LogP) is 6.85. The van der Waals surface area contributed by atoms with Gasteiger partial charge in [0, 0.05) is 28.3 Å². The Morgan fingerprint density at radius 1 is 0.914 bits per heavy atom. The zero-order chi connectivity index (χ0) is 23.9. The second-order valence-corrected chi connectivity index (χ2v) is 9.11. The molecule has 5 nitrogen and oxygen atoms in total. The van der Waals surface area contributed by atoms with Crippen LogP contribution in [0.15, 0.2) is 78.9 Å². The Morgan fingerprint density at radius 3 is 2.43 bits per heavy atom. The Bertz CT molecular complexity index is 1550. The molecule has 2 aromatic heterocycles. The zero-order valence-corrected chi connectivity index (χ0v) is 19.6. The van der Waals surface area contributed by atoms with Crippen molar-refractivity contribution in [1.82, 2.24) is 14.2 Å². The van der Waals surface area contributed by atoms with Crippen LogP contribution in [-0.2, 0) is 13.0 Å². The van der Waals surface area contributed by atoms with Gasteiger partial charge in [-0.2, -0.15) is 0 Å². The number of anilines is 1. The van der Waals surface area contributed by atoms with Crippen LogP contribution in [0.5, 0.6) is 0 Å². The number of halogens is 2.